The fraction of sp³-hybridized carbons (Fsp3) is 0.364. The summed E-state index contributed by atoms with van der Waals surface area (Å²) in [5, 5.41) is 8.64. The van der Waals surface area contributed by atoms with Crippen molar-refractivity contribution in [1.82, 2.24) is 4.31 Å². The number of rotatable bonds is 5. The summed E-state index contributed by atoms with van der Waals surface area (Å²) in [6.07, 6.45) is 0.625. The van der Waals surface area contributed by atoms with Gasteiger partial charge in [-0.15, -0.1) is 0 Å². The molecule has 0 spiro atoms. The lowest BCUT2D eigenvalue weighted by Crippen LogP contribution is -2.28. The van der Waals surface area contributed by atoms with Crippen LogP contribution < -0.4 is 0 Å². The molecule has 8 heteroatoms. The Hall–Kier alpha value is -0.820. The van der Waals surface area contributed by atoms with Gasteiger partial charge < -0.3 is 5.11 Å². The van der Waals surface area contributed by atoms with Gasteiger partial charge in [-0.25, -0.2) is 17.5 Å². The summed E-state index contributed by atoms with van der Waals surface area (Å²) in [4.78, 5) is 10.7. The molecule has 0 heterocycles. The number of hydrogen-bond acceptors (Lipinski definition) is 3. The number of sulfonamides is 1. The van der Waals surface area contributed by atoms with E-state index in [4.69, 9.17) is 28.3 Å². The zero-order valence-corrected chi connectivity index (χ0v) is 12.7. The van der Waals surface area contributed by atoms with E-state index in [1.165, 1.54) is 7.05 Å². The van der Waals surface area contributed by atoms with E-state index in [-0.39, 0.29) is 20.5 Å². The second kappa shape index (κ2) is 6.09. The van der Waals surface area contributed by atoms with E-state index in [2.05, 4.69) is 0 Å². The molecule has 0 amide bonds. The van der Waals surface area contributed by atoms with E-state index in [1.54, 1.807) is 0 Å². The van der Waals surface area contributed by atoms with Gasteiger partial charge in [0.25, 0.3) is 0 Å². The standard InChI is InChI=1S/C11H13Cl2NO4S/c1-3-4-14(2)19(17,18)9-6-7(12)5-8(10(9)13)11(15)16/h5-6H,3-4H2,1-2H3,(H,15,16). The molecule has 1 rings (SSSR count). The summed E-state index contributed by atoms with van der Waals surface area (Å²) in [7, 11) is -2.46. The number of carbonyl (C=O) groups is 1. The van der Waals surface area contributed by atoms with E-state index in [0.717, 1.165) is 16.4 Å². The van der Waals surface area contributed by atoms with Crippen molar-refractivity contribution < 1.29 is 18.3 Å². The summed E-state index contributed by atoms with van der Waals surface area (Å²) in [5.74, 6) is -1.33. The average molecular weight is 326 g/mol. The quantitative estimate of drug-likeness (QED) is 0.903. The summed E-state index contributed by atoms with van der Waals surface area (Å²) in [5.41, 5.74) is -0.336. The van der Waals surface area contributed by atoms with Crippen LogP contribution in [0.5, 0.6) is 0 Å². The lowest BCUT2D eigenvalue weighted by Gasteiger charge is -2.18. The van der Waals surface area contributed by atoms with E-state index in [1.807, 2.05) is 6.92 Å². The first-order valence-corrected chi connectivity index (χ1v) is 7.60. The van der Waals surface area contributed by atoms with Crippen LogP contribution in [0.2, 0.25) is 10.0 Å². The molecular formula is C11H13Cl2NO4S. The molecule has 0 saturated heterocycles. The first kappa shape index (κ1) is 16.2. The third-order valence-electron chi connectivity index (χ3n) is 2.46. The maximum Gasteiger partial charge on any atom is 0.337 e. The second-order valence-electron chi connectivity index (χ2n) is 3.90. The highest BCUT2D eigenvalue weighted by atomic mass is 35.5. The molecular weight excluding hydrogens is 313 g/mol. The normalized spacial score (nSPS) is 11.8. The fourth-order valence-electron chi connectivity index (χ4n) is 1.51. The van der Waals surface area contributed by atoms with Crippen LogP contribution in [0.15, 0.2) is 17.0 Å². The van der Waals surface area contributed by atoms with Crippen molar-refractivity contribution in [2.45, 2.75) is 18.2 Å². The van der Waals surface area contributed by atoms with Gasteiger partial charge in [-0.3, -0.25) is 0 Å². The van der Waals surface area contributed by atoms with E-state index >= 15 is 0 Å². The molecule has 1 aromatic rings. The van der Waals surface area contributed by atoms with Gasteiger partial charge in [0.2, 0.25) is 10.0 Å². The number of halogens is 2. The molecule has 5 nitrogen and oxygen atoms in total. The van der Waals surface area contributed by atoms with Crippen LogP contribution in [0.4, 0.5) is 0 Å². The second-order valence-corrected chi connectivity index (χ2v) is 6.72. The Morgan fingerprint density at radius 3 is 2.42 bits per heavy atom. The minimum absolute atomic E-state index is 0.00488. The average Bonchev–Trinajstić information content (AvgIpc) is 2.31. The van der Waals surface area contributed by atoms with Crippen LogP contribution in [0.25, 0.3) is 0 Å². The van der Waals surface area contributed by atoms with E-state index < -0.39 is 16.0 Å². The number of nitrogens with zero attached hydrogens (tertiary/aromatic N) is 1. The molecule has 0 fully saturated rings. The minimum atomic E-state index is -3.86. The number of benzene rings is 1. The number of hydrogen-bond donors (Lipinski definition) is 1. The van der Waals surface area contributed by atoms with Crippen molar-refractivity contribution >= 4 is 39.2 Å². The molecule has 0 radical (unpaired) electrons. The molecule has 0 saturated carbocycles. The summed E-state index contributed by atoms with van der Waals surface area (Å²) < 4.78 is 25.6. The fourth-order valence-corrected chi connectivity index (χ4v) is 3.65. The lowest BCUT2D eigenvalue weighted by molar-refractivity contribution is 0.0697. The first-order valence-electron chi connectivity index (χ1n) is 5.40. The molecule has 106 valence electrons. The third-order valence-corrected chi connectivity index (χ3v) is 5.08. The van der Waals surface area contributed by atoms with E-state index in [9.17, 15) is 13.2 Å². The summed E-state index contributed by atoms with van der Waals surface area (Å²) in [6.45, 7) is 2.13. The molecule has 1 aromatic carbocycles. The third kappa shape index (κ3) is 3.39. The minimum Gasteiger partial charge on any atom is -0.478 e. The highest BCUT2D eigenvalue weighted by molar-refractivity contribution is 7.89. The van der Waals surface area contributed by atoms with Crippen LogP contribution in [0, 0.1) is 0 Å². The molecule has 0 atom stereocenters. The van der Waals surface area contributed by atoms with Crippen LogP contribution in [-0.4, -0.2) is 37.4 Å². The lowest BCUT2D eigenvalue weighted by atomic mass is 10.2. The van der Waals surface area contributed by atoms with Crippen molar-refractivity contribution in [3.63, 3.8) is 0 Å². The van der Waals surface area contributed by atoms with Crippen molar-refractivity contribution in [3.8, 4) is 0 Å². The van der Waals surface area contributed by atoms with Crippen LogP contribution in [-0.2, 0) is 10.0 Å². The van der Waals surface area contributed by atoms with Crippen LogP contribution >= 0.6 is 23.2 Å². The zero-order chi connectivity index (χ0) is 14.8. The number of aromatic carboxylic acids is 1. The van der Waals surface area contributed by atoms with Gasteiger partial charge in [0.15, 0.2) is 0 Å². The molecule has 0 aliphatic rings. The Morgan fingerprint density at radius 2 is 1.95 bits per heavy atom. The monoisotopic (exact) mass is 325 g/mol. The summed E-state index contributed by atoms with van der Waals surface area (Å²) >= 11 is 11.6. The zero-order valence-electron chi connectivity index (χ0n) is 10.4. The Morgan fingerprint density at radius 1 is 1.37 bits per heavy atom. The van der Waals surface area contributed by atoms with Gasteiger partial charge in [-0.1, -0.05) is 30.1 Å². The molecule has 0 unspecified atom stereocenters. The highest BCUT2D eigenvalue weighted by Gasteiger charge is 2.26. The topological polar surface area (TPSA) is 74.7 Å². The Labute approximate surface area is 121 Å². The van der Waals surface area contributed by atoms with Gasteiger partial charge in [0.1, 0.15) is 4.90 Å². The molecule has 0 bridgehead atoms. The predicted octanol–water partition coefficient (Wildman–Crippen LogP) is 2.72. The predicted molar refractivity (Wildman–Crippen MR) is 73.5 cm³/mol. The maximum absolute atomic E-state index is 12.3. The van der Waals surface area contributed by atoms with Gasteiger partial charge >= 0.3 is 5.97 Å². The Balaban J connectivity index is 3.47. The van der Waals surface area contributed by atoms with Gasteiger partial charge in [-0.2, -0.15) is 0 Å². The molecule has 0 aliphatic carbocycles. The first-order chi connectivity index (χ1) is 8.71. The SMILES string of the molecule is CCCN(C)S(=O)(=O)c1cc(Cl)cc(C(=O)O)c1Cl. The van der Waals surface area contributed by atoms with E-state index in [0.29, 0.717) is 13.0 Å². The van der Waals surface area contributed by atoms with Crippen molar-refractivity contribution in [2.24, 2.45) is 0 Å². The van der Waals surface area contributed by atoms with Crippen LogP contribution in [0.3, 0.4) is 0 Å². The van der Waals surface area contributed by atoms with Crippen molar-refractivity contribution in [3.05, 3.63) is 27.7 Å². The molecule has 1 N–H and O–H groups in total. The van der Waals surface area contributed by atoms with Gasteiger partial charge in [-0.05, 0) is 18.6 Å². The number of carboxylic acid groups (broad SMARTS) is 1. The molecule has 0 aliphatic heterocycles. The maximum atomic E-state index is 12.3. The largest absolute Gasteiger partial charge is 0.478 e. The van der Waals surface area contributed by atoms with Gasteiger partial charge in [0.05, 0.1) is 10.6 Å². The van der Waals surface area contributed by atoms with Crippen molar-refractivity contribution in [1.29, 1.82) is 0 Å². The Bertz CT molecular complexity index is 601. The summed E-state index contributed by atoms with van der Waals surface area (Å²) in [6, 6.07) is 2.27. The number of carboxylic acids is 1. The van der Waals surface area contributed by atoms with Crippen LogP contribution in [0.1, 0.15) is 23.7 Å². The molecule has 19 heavy (non-hydrogen) atoms. The van der Waals surface area contributed by atoms with Gasteiger partial charge in [0, 0.05) is 18.6 Å². The van der Waals surface area contributed by atoms with Crippen molar-refractivity contribution in [2.75, 3.05) is 13.6 Å². The Kier molecular flexibility index (Phi) is 5.20. The highest BCUT2D eigenvalue weighted by Crippen LogP contribution is 2.31. The smallest absolute Gasteiger partial charge is 0.337 e. The molecule has 0 aromatic heterocycles.